The smallest absolute Gasteiger partial charge is 0.239 e. The van der Waals surface area contributed by atoms with Gasteiger partial charge in [0.1, 0.15) is 6.33 Å². The van der Waals surface area contributed by atoms with Gasteiger partial charge in [-0.2, -0.15) is 4.98 Å². The lowest BCUT2D eigenvalue weighted by atomic mass is 10.1. The second kappa shape index (κ2) is 8.37. The van der Waals surface area contributed by atoms with Crippen LogP contribution in [-0.4, -0.2) is 46.5 Å². The predicted molar refractivity (Wildman–Crippen MR) is 103 cm³/mol. The van der Waals surface area contributed by atoms with Crippen molar-refractivity contribution in [2.45, 2.75) is 18.9 Å². The lowest BCUT2D eigenvalue weighted by Gasteiger charge is -2.33. The van der Waals surface area contributed by atoms with E-state index in [4.69, 9.17) is 28.9 Å². The maximum absolute atomic E-state index is 12.2. The molecule has 2 heterocycles. The Morgan fingerprint density at radius 3 is 2.77 bits per heavy atom. The fraction of sp³-hybridized carbons (Fsp3) is 0.375. The molecule has 1 saturated heterocycles. The van der Waals surface area contributed by atoms with E-state index < -0.39 is 0 Å². The summed E-state index contributed by atoms with van der Waals surface area (Å²) in [6, 6.07) is 5.08. The molecule has 1 aliphatic heterocycles. The largest absolute Gasteiger partial charge is 0.376 e. The molecule has 1 fully saturated rings. The third-order valence-electron chi connectivity index (χ3n) is 3.96. The van der Waals surface area contributed by atoms with E-state index in [0.717, 1.165) is 19.4 Å². The molecule has 1 atom stereocenters. The molecule has 138 valence electrons. The normalized spacial score (nSPS) is 17.0. The quantitative estimate of drug-likeness (QED) is 0.709. The number of hydrogen-bond donors (Lipinski definition) is 3. The third kappa shape index (κ3) is 5.09. The highest BCUT2D eigenvalue weighted by Crippen LogP contribution is 2.22. The molecule has 1 aromatic carbocycles. The van der Waals surface area contributed by atoms with Gasteiger partial charge in [-0.25, -0.2) is 9.97 Å². The van der Waals surface area contributed by atoms with Crippen LogP contribution in [0.15, 0.2) is 24.5 Å². The zero-order valence-corrected chi connectivity index (χ0v) is 15.5. The summed E-state index contributed by atoms with van der Waals surface area (Å²) >= 11 is 11.9. The molecular weight excluding hydrogens is 377 g/mol. The molecule has 0 saturated carbocycles. The summed E-state index contributed by atoms with van der Waals surface area (Å²) in [5, 5.41) is 7.07. The van der Waals surface area contributed by atoms with E-state index in [9.17, 15) is 4.79 Å². The van der Waals surface area contributed by atoms with Crippen molar-refractivity contribution in [1.29, 1.82) is 0 Å². The molecule has 26 heavy (non-hydrogen) atoms. The Labute approximate surface area is 161 Å². The van der Waals surface area contributed by atoms with Gasteiger partial charge in [0, 0.05) is 34.9 Å². The van der Waals surface area contributed by atoms with Gasteiger partial charge >= 0.3 is 0 Å². The minimum atomic E-state index is -0.108. The van der Waals surface area contributed by atoms with Crippen LogP contribution in [0.25, 0.3) is 0 Å². The average molecular weight is 396 g/mol. The van der Waals surface area contributed by atoms with Crippen LogP contribution in [-0.2, 0) is 4.79 Å². The molecule has 0 radical (unpaired) electrons. The summed E-state index contributed by atoms with van der Waals surface area (Å²) in [5.74, 6) is 0.608. The van der Waals surface area contributed by atoms with Gasteiger partial charge in [-0.15, -0.1) is 0 Å². The molecule has 1 amide bonds. The van der Waals surface area contributed by atoms with Crippen LogP contribution in [0.3, 0.4) is 0 Å². The van der Waals surface area contributed by atoms with Crippen LogP contribution in [0, 0.1) is 0 Å². The van der Waals surface area contributed by atoms with E-state index >= 15 is 0 Å². The van der Waals surface area contributed by atoms with Crippen molar-refractivity contribution in [2.24, 2.45) is 0 Å². The van der Waals surface area contributed by atoms with E-state index in [0.29, 0.717) is 28.2 Å². The van der Waals surface area contributed by atoms with Gasteiger partial charge in [-0.1, -0.05) is 23.2 Å². The Morgan fingerprint density at radius 1 is 1.27 bits per heavy atom. The number of benzene rings is 1. The van der Waals surface area contributed by atoms with Crippen LogP contribution in [0.2, 0.25) is 10.0 Å². The minimum Gasteiger partial charge on any atom is -0.376 e. The van der Waals surface area contributed by atoms with E-state index in [1.165, 1.54) is 6.33 Å². The van der Waals surface area contributed by atoms with Crippen LogP contribution in [0.4, 0.5) is 17.6 Å². The fourth-order valence-electron chi connectivity index (χ4n) is 2.85. The van der Waals surface area contributed by atoms with Crippen molar-refractivity contribution in [3.63, 3.8) is 0 Å². The van der Waals surface area contributed by atoms with Gasteiger partial charge in [0.25, 0.3) is 0 Å². The van der Waals surface area contributed by atoms with Crippen molar-refractivity contribution in [1.82, 2.24) is 20.3 Å². The van der Waals surface area contributed by atoms with E-state index in [-0.39, 0.29) is 24.4 Å². The number of piperidine rings is 1. The summed E-state index contributed by atoms with van der Waals surface area (Å²) in [6.07, 6.45) is 3.21. The first kappa shape index (κ1) is 18.5. The molecule has 0 bridgehead atoms. The molecule has 3 rings (SSSR count). The number of aromatic nitrogens is 3. The Hall–Kier alpha value is -2.32. The van der Waals surface area contributed by atoms with Gasteiger partial charge < -0.3 is 21.3 Å². The molecule has 4 N–H and O–H groups in total. The van der Waals surface area contributed by atoms with Gasteiger partial charge in [-0.05, 0) is 31.0 Å². The van der Waals surface area contributed by atoms with E-state index in [1.807, 2.05) is 4.90 Å². The molecule has 1 aliphatic rings. The molecule has 1 aromatic heterocycles. The van der Waals surface area contributed by atoms with Crippen LogP contribution in [0.1, 0.15) is 12.8 Å². The first-order chi connectivity index (χ1) is 12.5. The zero-order valence-electron chi connectivity index (χ0n) is 14.0. The van der Waals surface area contributed by atoms with Gasteiger partial charge in [0.15, 0.2) is 0 Å². The molecule has 0 spiro atoms. The van der Waals surface area contributed by atoms with Crippen molar-refractivity contribution in [3.8, 4) is 0 Å². The Morgan fingerprint density at radius 2 is 2.04 bits per heavy atom. The Bertz CT molecular complexity index is 769. The third-order valence-corrected chi connectivity index (χ3v) is 4.40. The molecule has 0 unspecified atom stereocenters. The maximum atomic E-state index is 12.2. The molecule has 2 aromatic rings. The van der Waals surface area contributed by atoms with Crippen molar-refractivity contribution < 1.29 is 4.79 Å². The molecule has 0 aliphatic carbocycles. The number of anilines is 3. The highest BCUT2D eigenvalue weighted by Gasteiger charge is 2.23. The number of nitrogens with two attached hydrogens (primary N) is 1. The summed E-state index contributed by atoms with van der Waals surface area (Å²) < 4.78 is 0. The SMILES string of the molecule is Nc1ncnc(N2CCC[C@@H](NC(=O)CNc3cc(Cl)cc(Cl)c3)C2)n1. The minimum absolute atomic E-state index is 0.0130. The van der Waals surface area contributed by atoms with Crippen LogP contribution >= 0.6 is 23.2 Å². The first-order valence-electron chi connectivity index (χ1n) is 8.18. The average Bonchev–Trinajstić information content (AvgIpc) is 2.59. The summed E-state index contributed by atoms with van der Waals surface area (Å²) in [6.45, 7) is 1.57. The van der Waals surface area contributed by atoms with E-state index in [1.54, 1.807) is 18.2 Å². The summed E-state index contributed by atoms with van der Waals surface area (Å²) in [7, 11) is 0. The van der Waals surface area contributed by atoms with Gasteiger partial charge in [0.2, 0.25) is 17.8 Å². The fourth-order valence-corrected chi connectivity index (χ4v) is 3.37. The number of amides is 1. The van der Waals surface area contributed by atoms with E-state index in [2.05, 4.69) is 25.6 Å². The molecule has 8 nitrogen and oxygen atoms in total. The number of halogens is 2. The lowest BCUT2D eigenvalue weighted by molar-refractivity contribution is -0.120. The highest BCUT2D eigenvalue weighted by molar-refractivity contribution is 6.35. The number of carbonyl (C=O) groups is 1. The van der Waals surface area contributed by atoms with Crippen molar-refractivity contribution in [3.05, 3.63) is 34.6 Å². The number of hydrogen-bond acceptors (Lipinski definition) is 7. The first-order valence-corrected chi connectivity index (χ1v) is 8.94. The standard InChI is InChI=1S/C16H19Cl2N7O/c17-10-4-11(18)6-13(5-10)20-7-14(26)23-12-2-1-3-25(8-12)16-22-9-21-15(19)24-16/h4-6,9,12,20H,1-3,7-8H2,(H,23,26)(H2,19,21,22,24)/t12-/m1/s1. The van der Waals surface area contributed by atoms with Gasteiger partial charge in [0.05, 0.1) is 6.54 Å². The van der Waals surface area contributed by atoms with Crippen molar-refractivity contribution in [2.75, 3.05) is 35.6 Å². The Kier molecular flexibility index (Phi) is 5.95. The number of carbonyl (C=O) groups excluding carboxylic acids is 1. The monoisotopic (exact) mass is 395 g/mol. The summed E-state index contributed by atoms with van der Waals surface area (Å²) in [4.78, 5) is 26.3. The topological polar surface area (TPSA) is 109 Å². The number of rotatable bonds is 5. The van der Waals surface area contributed by atoms with Crippen LogP contribution in [0.5, 0.6) is 0 Å². The number of nitrogens with zero attached hydrogens (tertiary/aromatic N) is 4. The van der Waals surface area contributed by atoms with Crippen molar-refractivity contribution >= 4 is 46.7 Å². The Balaban J connectivity index is 1.52. The lowest BCUT2D eigenvalue weighted by Crippen LogP contribution is -2.49. The second-order valence-corrected chi connectivity index (χ2v) is 6.88. The number of nitrogens with one attached hydrogen (secondary N) is 2. The van der Waals surface area contributed by atoms with Gasteiger partial charge in [-0.3, -0.25) is 4.79 Å². The molecular formula is C16H19Cl2N7O. The zero-order chi connectivity index (χ0) is 18.5. The maximum Gasteiger partial charge on any atom is 0.239 e. The predicted octanol–water partition coefficient (Wildman–Crippen LogP) is 1.96. The highest BCUT2D eigenvalue weighted by atomic mass is 35.5. The second-order valence-electron chi connectivity index (χ2n) is 6.01. The number of nitrogen functional groups attached to an aromatic ring is 1. The molecule has 10 heteroatoms. The van der Waals surface area contributed by atoms with Crippen LogP contribution < -0.4 is 21.3 Å². The summed E-state index contributed by atoms with van der Waals surface area (Å²) in [5.41, 5.74) is 6.31.